The molecule has 0 saturated heterocycles. The van der Waals surface area contributed by atoms with Gasteiger partial charge in [0.1, 0.15) is 5.60 Å². The number of nitrogens with zero attached hydrogens (tertiary/aromatic N) is 2. The van der Waals surface area contributed by atoms with Crippen LogP contribution in [-0.4, -0.2) is 18.7 Å². The number of amides is 1. The van der Waals surface area contributed by atoms with Crippen LogP contribution in [0.3, 0.4) is 0 Å². The first-order chi connectivity index (χ1) is 7.83. The standard InChI is InChI=1S/C13H16N2O2/c1-13(2,3)17-12(16)15(4)11-7-5-6-10(8-11)9-14/h5-8H,1-4H3. The Morgan fingerprint density at radius 3 is 2.59 bits per heavy atom. The molecule has 0 radical (unpaired) electrons. The minimum absolute atomic E-state index is 0.437. The molecule has 0 N–H and O–H groups in total. The van der Waals surface area contributed by atoms with E-state index in [1.807, 2.05) is 26.8 Å². The van der Waals surface area contributed by atoms with Crippen molar-refractivity contribution in [3.63, 3.8) is 0 Å². The number of anilines is 1. The fraction of sp³-hybridized carbons (Fsp3) is 0.385. The molecule has 1 amide bonds. The van der Waals surface area contributed by atoms with Crippen molar-refractivity contribution in [2.24, 2.45) is 0 Å². The van der Waals surface area contributed by atoms with Gasteiger partial charge in [0.05, 0.1) is 11.6 Å². The van der Waals surface area contributed by atoms with Crippen LogP contribution in [0.1, 0.15) is 26.3 Å². The van der Waals surface area contributed by atoms with Gasteiger partial charge in [-0.2, -0.15) is 5.26 Å². The summed E-state index contributed by atoms with van der Waals surface area (Å²) in [5, 5.41) is 8.78. The lowest BCUT2D eigenvalue weighted by molar-refractivity contribution is 0.0589. The summed E-state index contributed by atoms with van der Waals surface area (Å²) in [6.45, 7) is 5.43. The predicted octanol–water partition coefficient (Wildman–Crippen LogP) is 2.93. The molecule has 0 aliphatic heterocycles. The lowest BCUT2D eigenvalue weighted by Gasteiger charge is -2.24. The van der Waals surface area contributed by atoms with Crippen LogP contribution >= 0.6 is 0 Å². The summed E-state index contributed by atoms with van der Waals surface area (Å²) in [6.07, 6.45) is -0.437. The molecule has 0 aliphatic carbocycles. The zero-order valence-corrected chi connectivity index (χ0v) is 10.5. The molecule has 0 fully saturated rings. The van der Waals surface area contributed by atoms with Crippen LogP contribution in [0.2, 0.25) is 0 Å². The van der Waals surface area contributed by atoms with E-state index in [9.17, 15) is 4.79 Å². The summed E-state index contributed by atoms with van der Waals surface area (Å²) in [4.78, 5) is 13.2. The van der Waals surface area contributed by atoms with E-state index in [2.05, 4.69) is 0 Å². The van der Waals surface area contributed by atoms with Crippen LogP contribution in [0.5, 0.6) is 0 Å². The third-order valence-electron chi connectivity index (χ3n) is 2.03. The first-order valence-corrected chi connectivity index (χ1v) is 5.30. The summed E-state index contributed by atoms with van der Waals surface area (Å²) in [5.41, 5.74) is 0.620. The van der Waals surface area contributed by atoms with Gasteiger partial charge in [-0.25, -0.2) is 4.79 Å². The van der Waals surface area contributed by atoms with E-state index < -0.39 is 11.7 Å². The number of hydrogen-bond donors (Lipinski definition) is 0. The number of rotatable bonds is 1. The highest BCUT2D eigenvalue weighted by Gasteiger charge is 2.20. The topological polar surface area (TPSA) is 53.3 Å². The second-order valence-corrected chi connectivity index (χ2v) is 4.70. The predicted molar refractivity (Wildman–Crippen MR) is 65.8 cm³/mol. The van der Waals surface area contributed by atoms with Crippen molar-refractivity contribution in [2.45, 2.75) is 26.4 Å². The van der Waals surface area contributed by atoms with Crippen LogP contribution < -0.4 is 4.90 Å². The van der Waals surface area contributed by atoms with E-state index in [1.165, 1.54) is 4.90 Å². The van der Waals surface area contributed by atoms with E-state index in [0.29, 0.717) is 11.3 Å². The fourth-order valence-electron chi connectivity index (χ4n) is 1.22. The molecule has 90 valence electrons. The van der Waals surface area contributed by atoms with Crippen molar-refractivity contribution < 1.29 is 9.53 Å². The van der Waals surface area contributed by atoms with Crippen LogP contribution in [-0.2, 0) is 4.74 Å². The SMILES string of the molecule is CN(C(=O)OC(C)(C)C)c1cccc(C#N)c1. The van der Waals surface area contributed by atoms with Gasteiger partial charge in [0.25, 0.3) is 0 Å². The Hall–Kier alpha value is -2.02. The zero-order chi connectivity index (χ0) is 13.1. The molecule has 0 saturated carbocycles. The first kappa shape index (κ1) is 13.0. The Bertz CT molecular complexity index is 455. The molecule has 4 heteroatoms. The average Bonchev–Trinajstić information content (AvgIpc) is 2.26. The Kier molecular flexibility index (Phi) is 3.74. The maximum Gasteiger partial charge on any atom is 0.414 e. The lowest BCUT2D eigenvalue weighted by Crippen LogP contribution is -2.34. The quantitative estimate of drug-likeness (QED) is 0.748. The molecule has 1 rings (SSSR count). The largest absolute Gasteiger partial charge is 0.443 e. The third-order valence-corrected chi connectivity index (χ3v) is 2.03. The minimum atomic E-state index is -0.530. The summed E-state index contributed by atoms with van der Waals surface area (Å²) in [5.74, 6) is 0. The normalized spacial score (nSPS) is 10.5. The molecule has 0 spiro atoms. The summed E-state index contributed by atoms with van der Waals surface area (Å²) >= 11 is 0. The minimum Gasteiger partial charge on any atom is -0.443 e. The van der Waals surface area contributed by atoms with Gasteiger partial charge < -0.3 is 4.74 Å². The number of benzene rings is 1. The molecule has 0 aromatic heterocycles. The maximum absolute atomic E-state index is 11.8. The van der Waals surface area contributed by atoms with Crippen molar-refractivity contribution in [1.82, 2.24) is 0 Å². The van der Waals surface area contributed by atoms with Crippen LogP contribution in [0.25, 0.3) is 0 Å². The number of nitriles is 1. The highest BCUT2D eigenvalue weighted by atomic mass is 16.6. The van der Waals surface area contributed by atoms with Gasteiger partial charge in [-0.3, -0.25) is 4.90 Å². The summed E-state index contributed by atoms with van der Waals surface area (Å²) < 4.78 is 5.23. The molecule has 0 bridgehead atoms. The van der Waals surface area contributed by atoms with Crippen LogP contribution in [0, 0.1) is 11.3 Å². The van der Waals surface area contributed by atoms with Gasteiger partial charge in [0, 0.05) is 12.7 Å². The smallest absolute Gasteiger partial charge is 0.414 e. The molecule has 0 atom stereocenters. The molecular weight excluding hydrogens is 216 g/mol. The van der Waals surface area contributed by atoms with E-state index >= 15 is 0 Å². The van der Waals surface area contributed by atoms with Gasteiger partial charge in [0.15, 0.2) is 0 Å². The Morgan fingerprint density at radius 1 is 1.41 bits per heavy atom. The Labute approximate surface area is 101 Å². The first-order valence-electron chi connectivity index (χ1n) is 5.30. The number of ether oxygens (including phenoxy) is 1. The summed E-state index contributed by atoms with van der Waals surface area (Å²) in [7, 11) is 1.62. The number of carbonyl (C=O) groups excluding carboxylic acids is 1. The molecule has 0 aliphatic rings. The van der Waals surface area contributed by atoms with Gasteiger partial charge in [-0.1, -0.05) is 6.07 Å². The van der Waals surface area contributed by atoms with Crippen molar-refractivity contribution in [3.05, 3.63) is 29.8 Å². The Morgan fingerprint density at radius 2 is 2.06 bits per heavy atom. The monoisotopic (exact) mass is 232 g/mol. The van der Waals surface area contributed by atoms with Crippen molar-refractivity contribution in [1.29, 1.82) is 5.26 Å². The Balaban J connectivity index is 2.86. The molecule has 17 heavy (non-hydrogen) atoms. The second-order valence-electron chi connectivity index (χ2n) is 4.70. The van der Waals surface area contributed by atoms with E-state index in [0.717, 1.165) is 0 Å². The molecular formula is C13H16N2O2. The molecule has 0 unspecified atom stereocenters. The zero-order valence-electron chi connectivity index (χ0n) is 10.5. The van der Waals surface area contributed by atoms with Crippen molar-refractivity contribution >= 4 is 11.8 Å². The van der Waals surface area contributed by atoms with E-state index in [1.54, 1.807) is 31.3 Å². The van der Waals surface area contributed by atoms with E-state index in [4.69, 9.17) is 10.00 Å². The van der Waals surface area contributed by atoms with E-state index in [-0.39, 0.29) is 0 Å². The molecule has 4 nitrogen and oxygen atoms in total. The average molecular weight is 232 g/mol. The molecule has 1 aromatic rings. The van der Waals surface area contributed by atoms with Crippen LogP contribution in [0.15, 0.2) is 24.3 Å². The van der Waals surface area contributed by atoms with Crippen molar-refractivity contribution in [3.8, 4) is 6.07 Å². The van der Waals surface area contributed by atoms with Gasteiger partial charge >= 0.3 is 6.09 Å². The van der Waals surface area contributed by atoms with Crippen molar-refractivity contribution in [2.75, 3.05) is 11.9 Å². The van der Waals surface area contributed by atoms with Gasteiger partial charge in [0.2, 0.25) is 0 Å². The summed E-state index contributed by atoms with van der Waals surface area (Å²) in [6, 6.07) is 8.85. The van der Waals surface area contributed by atoms with Gasteiger partial charge in [-0.15, -0.1) is 0 Å². The number of hydrogen-bond acceptors (Lipinski definition) is 3. The number of carbonyl (C=O) groups is 1. The molecule has 1 aromatic carbocycles. The fourth-order valence-corrected chi connectivity index (χ4v) is 1.22. The highest BCUT2D eigenvalue weighted by Crippen LogP contribution is 2.17. The lowest BCUT2D eigenvalue weighted by atomic mass is 10.2. The molecule has 0 heterocycles. The highest BCUT2D eigenvalue weighted by molar-refractivity contribution is 5.87. The van der Waals surface area contributed by atoms with Gasteiger partial charge in [-0.05, 0) is 39.0 Å². The third kappa shape index (κ3) is 3.80. The second kappa shape index (κ2) is 4.88. The maximum atomic E-state index is 11.8. The van der Waals surface area contributed by atoms with Crippen LogP contribution in [0.4, 0.5) is 10.5 Å².